The van der Waals surface area contributed by atoms with E-state index in [4.69, 9.17) is 4.74 Å². The van der Waals surface area contributed by atoms with Crippen molar-refractivity contribution < 1.29 is 9.53 Å². The standard InChI is InChI=1S/C22H29N3O2.ClH/c1-16(17-3-4-19-14-21(27-2)6-5-18(19)13-17)22(26)25-10-7-20(15-25)24-11-8-23-9-12-24;/h3-6,13-14,16,20,23H,7-12,15H2,1-2H3;1H/t16-,20?;/m0./s1. The summed E-state index contributed by atoms with van der Waals surface area (Å²) in [5.41, 5.74) is 1.09. The number of carbonyl (C=O) groups excluding carboxylic acids is 1. The number of amides is 1. The smallest absolute Gasteiger partial charge is 0.229 e. The Morgan fingerprint density at radius 2 is 1.82 bits per heavy atom. The van der Waals surface area contributed by atoms with Crippen molar-refractivity contribution >= 4 is 29.1 Å². The molecule has 1 unspecified atom stereocenters. The van der Waals surface area contributed by atoms with Crippen molar-refractivity contribution in [2.45, 2.75) is 25.3 Å². The molecular formula is C22H30ClN3O2. The molecule has 2 aliphatic heterocycles. The predicted octanol–water partition coefficient (Wildman–Crippen LogP) is 2.88. The van der Waals surface area contributed by atoms with Gasteiger partial charge in [-0.15, -0.1) is 12.4 Å². The van der Waals surface area contributed by atoms with Gasteiger partial charge in [-0.1, -0.05) is 24.3 Å². The first-order valence-corrected chi connectivity index (χ1v) is 9.97. The fraction of sp³-hybridized carbons (Fsp3) is 0.500. The molecule has 0 aromatic heterocycles. The van der Waals surface area contributed by atoms with E-state index < -0.39 is 0 Å². The van der Waals surface area contributed by atoms with Crippen molar-refractivity contribution in [1.82, 2.24) is 15.1 Å². The van der Waals surface area contributed by atoms with Crippen LogP contribution in [0.25, 0.3) is 10.8 Å². The summed E-state index contributed by atoms with van der Waals surface area (Å²) in [6, 6.07) is 12.9. The van der Waals surface area contributed by atoms with Gasteiger partial charge in [-0.3, -0.25) is 9.69 Å². The molecule has 5 nitrogen and oxygen atoms in total. The second-order valence-corrected chi connectivity index (χ2v) is 7.71. The van der Waals surface area contributed by atoms with Crippen LogP contribution in [0.1, 0.15) is 24.8 Å². The van der Waals surface area contributed by atoms with E-state index in [1.807, 2.05) is 19.1 Å². The lowest BCUT2D eigenvalue weighted by atomic mass is 9.96. The van der Waals surface area contributed by atoms with Gasteiger partial charge in [-0.05, 0) is 41.8 Å². The normalized spacial score (nSPS) is 21.4. The first kappa shape index (κ1) is 20.9. The Morgan fingerprint density at radius 1 is 1.11 bits per heavy atom. The maximum Gasteiger partial charge on any atom is 0.229 e. The molecule has 0 spiro atoms. The third kappa shape index (κ3) is 4.27. The highest BCUT2D eigenvalue weighted by Crippen LogP contribution is 2.27. The molecule has 28 heavy (non-hydrogen) atoms. The lowest BCUT2D eigenvalue weighted by Gasteiger charge is -2.32. The molecule has 4 rings (SSSR count). The van der Waals surface area contributed by atoms with Crippen LogP contribution in [0.5, 0.6) is 5.75 Å². The largest absolute Gasteiger partial charge is 0.497 e. The molecule has 2 aromatic carbocycles. The summed E-state index contributed by atoms with van der Waals surface area (Å²) < 4.78 is 5.30. The van der Waals surface area contributed by atoms with Crippen molar-refractivity contribution in [2.24, 2.45) is 0 Å². The van der Waals surface area contributed by atoms with Crippen LogP contribution in [0, 0.1) is 0 Å². The Balaban J connectivity index is 0.00000225. The number of likely N-dealkylation sites (tertiary alicyclic amines) is 1. The number of fused-ring (bicyclic) bond motifs is 1. The van der Waals surface area contributed by atoms with E-state index in [0.29, 0.717) is 6.04 Å². The lowest BCUT2D eigenvalue weighted by Crippen LogP contribution is -2.49. The van der Waals surface area contributed by atoms with Gasteiger partial charge in [0.25, 0.3) is 0 Å². The fourth-order valence-electron chi connectivity index (χ4n) is 4.34. The van der Waals surface area contributed by atoms with Gasteiger partial charge in [-0.2, -0.15) is 0 Å². The van der Waals surface area contributed by atoms with Gasteiger partial charge in [0.15, 0.2) is 0 Å². The molecule has 2 fully saturated rings. The van der Waals surface area contributed by atoms with Gasteiger partial charge in [0.1, 0.15) is 5.75 Å². The fourth-order valence-corrected chi connectivity index (χ4v) is 4.34. The minimum Gasteiger partial charge on any atom is -0.497 e. The first-order chi connectivity index (χ1) is 13.2. The molecule has 0 bridgehead atoms. The van der Waals surface area contributed by atoms with E-state index in [9.17, 15) is 4.79 Å². The summed E-state index contributed by atoms with van der Waals surface area (Å²) in [4.78, 5) is 17.7. The number of hydrogen-bond acceptors (Lipinski definition) is 4. The minimum absolute atomic E-state index is 0. The van der Waals surface area contributed by atoms with Gasteiger partial charge in [0.05, 0.1) is 13.0 Å². The third-order valence-corrected chi connectivity index (χ3v) is 6.08. The van der Waals surface area contributed by atoms with Crippen LogP contribution in [0.4, 0.5) is 0 Å². The van der Waals surface area contributed by atoms with E-state index in [-0.39, 0.29) is 24.2 Å². The number of benzene rings is 2. The minimum atomic E-state index is -0.113. The number of carbonyl (C=O) groups is 1. The number of hydrogen-bond donors (Lipinski definition) is 1. The molecule has 6 heteroatoms. The summed E-state index contributed by atoms with van der Waals surface area (Å²) in [7, 11) is 1.68. The van der Waals surface area contributed by atoms with Gasteiger partial charge in [0, 0.05) is 45.3 Å². The average molecular weight is 404 g/mol. The molecule has 2 saturated heterocycles. The van der Waals surface area contributed by atoms with Crippen molar-refractivity contribution in [3.63, 3.8) is 0 Å². The highest BCUT2D eigenvalue weighted by Gasteiger charge is 2.33. The number of rotatable bonds is 4. The summed E-state index contributed by atoms with van der Waals surface area (Å²) >= 11 is 0. The molecule has 2 atom stereocenters. The van der Waals surface area contributed by atoms with Gasteiger partial charge in [-0.25, -0.2) is 0 Å². The number of methoxy groups -OCH3 is 1. The monoisotopic (exact) mass is 403 g/mol. The van der Waals surface area contributed by atoms with Crippen molar-refractivity contribution in [2.75, 3.05) is 46.4 Å². The highest BCUT2D eigenvalue weighted by molar-refractivity contribution is 5.88. The second kappa shape index (κ2) is 9.12. The molecule has 2 aliphatic rings. The van der Waals surface area contributed by atoms with E-state index in [1.54, 1.807) is 7.11 Å². The molecule has 0 saturated carbocycles. The Bertz CT molecular complexity index is 823. The average Bonchev–Trinajstić information content (AvgIpc) is 3.22. The Hall–Kier alpha value is -1.82. The van der Waals surface area contributed by atoms with Crippen LogP contribution in [0.15, 0.2) is 36.4 Å². The zero-order chi connectivity index (χ0) is 18.8. The van der Waals surface area contributed by atoms with Gasteiger partial charge >= 0.3 is 0 Å². The number of nitrogens with zero attached hydrogens (tertiary/aromatic N) is 2. The van der Waals surface area contributed by atoms with Gasteiger partial charge < -0.3 is 15.0 Å². The molecule has 152 valence electrons. The zero-order valence-corrected chi connectivity index (χ0v) is 17.5. The molecule has 0 radical (unpaired) electrons. The van der Waals surface area contributed by atoms with Crippen LogP contribution >= 0.6 is 12.4 Å². The molecule has 2 aromatic rings. The predicted molar refractivity (Wildman–Crippen MR) is 116 cm³/mol. The SMILES string of the molecule is COc1ccc2cc([C@H](C)C(=O)N3CCC(N4CCNCC4)C3)ccc2c1.Cl. The second-order valence-electron chi connectivity index (χ2n) is 7.71. The van der Waals surface area contributed by atoms with E-state index in [0.717, 1.165) is 67.8 Å². The number of ether oxygens (including phenoxy) is 1. The Labute approximate surface area is 173 Å². The number of piperazine rings is 1. The van der Waals surface area contributed by atoms with E-state index >= 15 is 0 Å². The molecule has 1 amide bonds. The third-order valence-electron chi connectivity index (χ3n) is 6.08. The van der Waals surface area contributed by atoms with Crippen molar-refractivity contribution in [3.05, 3.63) is 42.0 Å². The van der Waals surface area contributed by atoms with Crippen LogP contribution in [-0.4, -0.2) is 68.1 Å². The van der Waals surface area contributed by atoms with Crippen LogP contribution in [-0.2, 0) is 4.79 Å². The summed E-state index contributed by atoms with van der Waals surface area (Å²) in [5.74, 6) is 0.995. The maximum atomic E-state index is 13.1. The van der Waals surface area contributed by atoms with E-state index in [2.05, 4.69) is 39.4 Å². The summed E-state index contributed by atoms with van der Waals surface area (Å²) in [6.07, 6.45) is 1.09. The first-order valence-electron chi connectivity index (χ1n) is 9.97. The Morgan fingerprint density at radius 3 is 2.57 bits per heavy atom. The molecule has 1 N–H and O–H groups in total. The summed E-state index contributed by atoms with van der Waals surface area (Å²) in [5, 5.41) is 5.69. The molecule has 2 heterocycles. The summed E-state index contributed by atoms with van der Waals surface area (Å²) in [6.45, 7) is 8.08. The number of nitrogens with one attached hydrogen (secondary N) is 1. The van der Waals surface area contributed by atoms with Gasteiger partial charge in [0.2, 0.25) is 5.91 Å². The van der Waals surface area contributed by atoms with Crippen molar-refractivity contribution in [1.29, 1.82) is 0 Å². The van der Waals surface area contributed by atoms with Crippen LogP contribution < -0.4 is 10.1 Å². The lowest BCUT2D eigenvalue weighted by molar-refractivity contribution is -0.131. The van der Waals surface area contributed by atoms with Crippen LogP contribution in [0.2, 0.25) is 0 Å². The molecule has 0 aliphatic carbocycles. The topological polar surface area (TPSA) is 44.8 Å². The highest BCUT2D eigenvalue weighted by atomic mass is 35.5. The van der Waals surface area contributed by atoms with E-state index in [1.165, 1.54) is 0 Å². The number of halogens is 1. The quantitative estimate of drug-likeness (QED) is 0.852. The molecular weight excluding hydrogens is 374 g/mol. The zero-order valence-electron chi connectivity index (χ0n) is 16.7. The van der Waals surface area contributed by atoms with Crippen molar-refractivity contribution in [3.8, 4) is 5.75 Å². The van der Waals surface area contributed by atoms with Crippen LogP contribution in [0.3, 0.4) is 0 Å². The maximum absolute atomic E-state index is 13.1. The Kier molecular flexibility index (Phi) is 6.81.